The Morgan fingerprint density at radius 1 is 1.08 bits per heavy atom. The number of alkyl halides is 3. The molecule has 0 spiro atoms. The van der Waals surface area contributed by atoms with Gasteiger partial charge in [-0.3, -0.25) is 9.59 Å². The van der Waals surface area contributed by atoms with Crippen LogP contribution < -0.4 is 4.74 Å². The van der Waals surface area contributed by atoms with E-state index in [4.69, 9.17) is 28.5 Å². The van der Waals surface area contributed by atoms with E-state index in [1.54, 1.807) is 54.4 Å². The molecule has 0 saturated carbocycles. The number of nitriles is 1. The quantitative estimate of drug-likeness (QED) is 0.382. The summed E-state index contributed by atoms with van der Waals surface area (Å²) in [5.74, 6) is -1.29. The van der Waals surface area contributed by atoms with Crippen molar-refractivity contribution in [1.82, 2.24) is 14.8 Å². The Hall–Kier alpha value is -3.81. The monoisotopic (exact) mass is 576 g/mol. The van der Waals surface area contributed by atoms with Crippen molar-refractivity contribution in [3.05, 3.63) is 93.1 Å². The molecule has 0 bridgehead atoms. The number of ether oxygens (including phenoxy) is 1. The van der Waals surface area contributed by atoms with Crippen LogP contribution >= 0.6 is 23.2 Å². The van der Waals surface area contributed by atoms with Gasteiger partial charge < -0.3 is 14.5 Å². The molecule has 39 heavy (non-hydrogen) atoms. The van der Waals surface area contributed by atoms with Gasteiger partial charge in [-0.25, -0.2) is 4.98 Å². The lowest BCUT2D eigenvalue weighted by molar-refractivity contribution is -0.154. The Morgan fingerprint density at radius 2 is 1.77 bits per heavy atom. The standard InChI is InChI=1S/C27H21Cl2F3N4O3/c1-35(25(37)19-7-9-24(34-12-19)39-15-27(30,31)32)23-14-36(26(38)17-4-2-16(11-33)3-5-17)13-20(23)18-6-8-21(28)22(29)10-18/h2-10,12,20,23H,13-15H2,1H3/t20-,23+/m0/s1. The molecule has 2 atom stereocenters. The van der Waals surface area contributed by atoms with Gasteiger partial charge in [0.2, 0.25) is 5.88 Å². The molecule has 7 nitrogen and oxygen atoms in total. The molecule has 1 aromatic heterocycles. The van der Waals surface area contributed by atoms with Crippen molar-refractivity contribution < 1.29 is 27.5 Å². The van der Waals surface area contributed by atoms with Crippen LogP contribution in [0.4, 0.5) is 13.2 Å². The van der Waals surface area contributed by atoms with Crippen LogP contribution in [0.2, 0.25) is 10.0 Å². The molecule has 2 amide bonds. The van der Waals surface area contributed by atoms with Gasteiger partial charge in [0.1, 0.15) is 0 Å². The molecule has 0 radical (unpaired) electrons. The second-order valence-corrected chi connectivity index (χ2v) is 9.77. The molecule has 1 fully saturated rings. The zero-order chi connectivity index (χ0) is 28.3. The molecule has 0 unspecified atom stereocenters. The lowest BCUT2D eigenvalue weighted by Gasteiger charge is -2.29. The minimum Gasteiger partial charge on any atom is -0.468 e. The van der Waals surface area contributed by atoms with Crippen LogP contribution in [0, 0.1) is 11.3 Å². The number of hydrogen-bond acceptors (Lipinski definition) is 5. The van der Waals surface area contributed by atoms with Crippen molar-refractivity contribution in [2.45, 2.75) is 18.1 Å². The Kier molecular flexibility index (Phi) is 8.33. The van der Waals surface area contributed by atoms with E-state index in [1.807, 2.05) is 6.07 Å². The van der Waals surface area contributed by atoms with Crippen molar-refractivity contribution >= 4 is 35.0 Å². The summed E-state index contributed by atoms with van der Waals surface area (Å²) in [4.78, 5) is 33.6. The van der Waals surface area contributed by atoms with Gasteiger partial charge in [-0.15, -0.1) is 0 Å². The van der Waals surface area contributed by atoms with E-state index in [2.05, 4.69) is 9.72 Å². The molecule has 1 saturated heterocycles. The van der Waals surface area contributed by atoms with E-state index >= 15 is 0 Å². The second-order valence-electron chi connectivity index (χ2n) is 8.95. The summed E-state index contributed by atoms with van der Waals surface area (Å²) in [6, 6.07) is 15.5. The van der Waals surface area contributed by atoms with Gasteiger partial charge in [-0.1, -0.05) is 29.3 Å². The molecule has 12 heteroatoms. The van der Waals surface area contributed by atoms with Gasteiger partial charge in [-0.05, 0) is 48.0 Å². The normalized spacial score (nSPS) is 17.0. The number of aromatic nitrogens is 1. The van der Waals surface area contributed by atoms with Crippen LogP contribution in [0.25, 0.3) is 0 Å². The average Bonchev–Trinajstić information content (AvgIpc) is 3.37. The maximum Gasteiger partial charge on any atom is 0.422 e. The van der Waals surface area contributed by atoms with Crippen LogP contribution in [0.15, 0.2) is 60.8 Å². The maximum absolute atomic E-state index is 13.4. The minimum absolute atomic E-state index is 0.140. The first kappa shape index (κ1) is 28.2. The fourth-order valence-electron chi connectivity index (χ4n) is 4.39. The largest absolute Gasteiger partial charge is 0.468 e. The summed E-state index contributed by atoms with van der Waals surface area (Å²) >= 11 is 12.4. The highest BCUT2D eigenvalue weighted by molar-refractivity contribution is 6.42. The smallest absolute Gasteiger partial charge is 0.422 e. The number of pyridine rings is 1. The summed E-state index contributed by atoms with van der Waals surface area (Å²) in [6.07, 6.45) is -3.37. The van der Waals surface area contributed by atoms with Crippen LogP contribution in [0.5, 0.6) is 5.88 Å². The van der Waals surface area contributed by atoms with E-state index in [0.29, 0.717) is 21.2 Å². The Balaban J connectivity index is 1.58. The van der Waals surface area contributed by atoms with E-state index in [9.17, 15) is 22.8 Å². The molecule has 4 rings (SSSR count). The summed E-state index contributed by atoms with van der Waals surface area (Å²) in [6.45, 7) is -1.02. The number of hydrogen-bond donors (Lipinski definition) is 0. The number of carbonyl (C=O) groups excluding carboxylic acids is 2. The Labute approximate surface area is 232 Å². The molecular weight excluding hydrogens is 556 g/mol. The highest BCUT2D eigenvalue weighted by Crippen LogP contribution is 2.35. The highest BCUT2D eigenvalue weighted by Gasteiger charge is 2.40. The summed E-state index contributed by atoms with van der Waals surface area (Å²) in [5, 5.41) is 9.73. The predicted octanol–water partition coefficient (Wildman–Crippen LogP) is 5.58. The van der Waals surface area contributed by atoms with Gasteiger partial charge in [-0.2, -0.15) is 18.4 Å². The number of amides is 2. The number of benzene rings is 2. The molecular formula is C27H21Cl2F3N4O3. The third-order valence-electron chi connectivity index (χ3n) is 6.39. The maximum atomic E-state index is 13.4. The molecule has 0 N–H and O–H groups in total. The van der Waals surface area contributed by atoms with Gasteiger partial charge in [0.15, 0.2) is 6.61 Å². The van der Waals surface area contributed by atoms with E-state index < -0.39 is 24.7 Å². The van der Waals surface area contributed by atoms with Crippen molar-refractivity contribution in [2.24, 2.45) is 0 Å². The van der Waals surface area contributed by atoms with E-state index in [-0.39, 0.29) is 36.4 Å². The number of carbonyl (C=O) groups is 2. The third-order valence-corrected chi connectivity index (χ3v) is 7.13. The lowest BCUT2D eigenvalue weighted by Crippen LogP contribution is -2.42. The SMILES string of the molecule is CN(C(=O)c1ccc(OCC(F)(F)F)nc1)[C@@H]1CN(C(=O)c2ccc(C#N)cc2)C[C@H]1c1ccc(Cl)c(Cl)c1. The Bertz CT molecular complexity index is 1410. The predicted molar refractivity (Wildman–Crippen MR) is 138 cm³/mol. The number of likely N-dealkylation sites (tertiary alicyclic amines) is 1. The van der Waals surface area contributed by atoms with Gasteiger partial charge in [0.25, 0.3) is 11.8 Å². The van der Waals surface area contributed by atoms with Crippen molar-refractivity contribution in [3.8, 4) is 11.9 Å². The number of nitrogens with zero attached hydrogens (tertiary/aromatic N) is 4. The van der Waals surface area contributed by atoms with E-state index in [0.717, 1.165) is 11.8 Å². The zero-order valence-electron chi connectivity index (χ0n) is 20.5. The van der Waals surface area contributed by atoms with Gasteiger partial charge in [0.05, 0.1) is 33.3 Å². The first-order valence-electron chi connectivity index (χ1n) is 11.6. The third kappa shape index (κ3) is 6.61. The molecule has 2 aromatic carbocycles. The Morgan fingerprint density at radius 3 is 2.36 bits per heavy atom. The van der Waals surface area contributed by atoms with Gasteiger partial charge >= 0.3 is 6.18 Å². The topological polar surface area (TPSA) is 86.5 Å². The number of likely N-dealkylation sites (N-methyl/N-ethyl adjacent to an activating group) is 1. The van der Waals surface area contributed by atoms with Crippen molar-refractivity contribution in [1.29, 1.82) is 5.26 Å². The highest BCUT2D eigenvalue weighted by atomic mass is 35.5. The fourth-order valence-corrected chi connectivity index (χ4v) is 4.69. The fraction of sp³-hybridized carbons (Fsp3) is 0.259. The lowest BCUT2D eigenvalue weighted by atomic mass is 9.93. The molecule has 3 aromatic rings. The number of halogens is 5. The van der Waals surface area contributed by atoms with Crippen molar-refractivity contribution in [2.75, 3.05) is 26.7 Å². The number of rotatable bonds is 6. The van der Waals surface area contributed by atoms with Crippen LogP contribution in [0.1, 0.15) is 37.8 Å². The van der Waals surface area contributed by atoms with Crippen LogP contribution in [0.3, 0.4) is 0 Å². The summed E-state index contributed by atoms with van der Waals surface area (Å²) < 4.78 is 41.8. The van der Waals surface area contributed by atoms with Crippen LogP contribution in [-0.4, -0.2) is 65.6 Å². The van der Waals surface area contributed by atoms with Gasteiger partial charge in [0, 0.05) is 43.9 Å². The van der Waals surface area contributed by atoms with E-state index in [1.165, 1.54) is 17.0 Å². The molecule has 1 aliphatic heterocycles. The minimum atomic E-state index is -4.51. The first-order chi connectivity index (χ1) is 18.5. The van der Waals surface area contributed by atoms with Crippen molar-refractivity contribution in [3.63, 3.8) is 0 Å². The summed E-state index contributed by atoms with van der Waals surface area (Å²) in [5.41, 5.74) is 1.74. The molecule has 2 heterocycles. The van der Waals surface area contributed by atoms with Crippen LogP contribution in [-0.2, 0) is 0 Å². The zero-order valence-corrected chi connectivity index (χ0v) is 22.0. The molecule has 0 aliphatic carbocycles. The molecule has 1 aliphatic rings. The average molecular weight is 577 g/mol. The first-order valence-corrected chi connectivity index (χ1v) is 12.4. The second kappa shape index (κ2) is 11.5. The summed E-state index contributed by atoms with van der Waals surface area (Å²) in [7, 11) is 1.58. The molecule has 202 valence electrons.